The molecular weight excluding hydrogens is 210 g/mol. The van der Waals surface area contributed by atoms with Gasteiger partial charge in [0, 0.05) is 19.3 Å². The maximum absolute atomic E-state index is 4.25. The molecule has 3 nitrogen and oxygen atoms in total. The van der Waals surface area contributed by atoms with E-state index >= 15 is 0 Å². The molecule has 3 atom stereocenters. The van der Waals surface area contributed by atoms with E-state index in [1.807, 2.05) is 17.9 Å². The summed E-state index contributed by atoms with van der Waals surface area (Å²) in [5, 5.41) is 7.99. The molecule has 0 aliphatic heterocycles. The first kappa shape index (κ1) is 11.1. The van der Waals surface area contributed by atoms with Crippen LogP contribution in [0.15, 0.2) is 12.4 Å². The van der Waals surface area contributed by atoms with E-state index in [2.05, 4.69) is 37.4 Å². The Bertz CT molecular complexity index is 430. The molecule has 17 heavy (non-hydrogen) atoms. The van der Waals surface area contributed by atoms with Gasteiger partial charge in [-0.1, -0.05) is 20.8 Å². The summed E-state index contributed by atoms with van der Waals surface area (Å²) in [5.41, 5.74) is 2.05. The summed E-state index contributed by atoms with van der Waals surface area (Å²) >= 11 is 0. The number of hydrogen-bond acceptors (Lipinski definition) is 2. The lowest BCUT2D eigenvalue weighted by molar-refractivity contribution is 0.155. The Hall–Kier alpha value is -0.990. The highest BCUT2D eigenvalue weighted by molar-refractivity contribution is 5.42. The summed E-state index contributed by atoms with van der Waals surface area (Å²) in [6.45, 7) is 7.31. The van der Waals surface area contributed by atoms with Crippen molar-refractivity contribution in [2.45, 2.75) is 46.1 Å². The molecule has 1 heterocycles. The topological polar surface area (TPSA) is 29.9 Å². The van der Waals surface area contributed by atoms with E-state index in [1.165, 1.54) is 24.9 Å². The molecule has 1 N–H and O–H groups in total. The van der Waals surface area contributed by atoms with Crippen molar-refractivity contribution in [1.82, 2.24) is 9.78 Å². The first-order valence-corrected chi connectivity index (χ1v) is 6.67. The number of rotatable bonds is 2. The van der Waals surface area contributed by atoms with Crippen LogP contribution in [0.3, 0.4) is 0 Å². The van der Waals surface area contributed by atoms with Crippen LogP contribution in [-0.2, 0) is 7.05 Å². The maximum atomic E-state index is 4.25. The van der Waals surface area contributed by atoms with E-state index in [1.54, 1.807) is 0 Å². The quantitative estimate of drug-likeness (QED) is 0.851. The Morgan fingerprint density at radius 1 is 1.41 bits per heavy atom. The molecule has 2 aliphatic carbocycles. The number of nitrogens with one attached hydrogen (secondary N) is 1. The fourth-order valence-electron chi connectivity index (χ4n) is 4.32. The van der Waals surface area contributed by atoms with Crippen LogP contribution in [0.4, 0.5) is 5.69 Å². The molecule has 3 heteroatoms. The normalized spacial score (nSPS) is 38.6. The summed E-state index contributed by atoms with van der Waals surface area (Å²) in [6, 6.07) is 0.581. The number of nitrogens with zero attached hydrogens (tertiary/aromatic N) is 2. The van der Waals surface area contributed by atoms with E-state index in [0.29, 0.717) is 16.9 Å². The van der Waals surface area contributed by atoms with Crippen LogP contribution >= 0.6 is 0 Å². The van der Waals surface area contributed by atoms with Crippen molar-refractivity contribution < 1.29 is 0 Å². The third-order valence-electron chi connectivity index (χ3n) is 5.29. The highest BCUT2D eigenvalue weighted by Crippen LogP contribution is 2.63. The summed E-state index contributed by atoms with van der Waals surface area (Å²) in [5.74, 6) is 0.890. The summed E-state index contributed by atoms with van der Waals surface area (Å²) in [7, 11) is 1.97. The number of hydrogen-bond donors (Lipinski definition) is 1. The van der Waals surface area contributed by atoms with Crippen LogP contribution in [0, 0.1) is 16.7 Å². The monoisotopic (exact) mass is 233 g/mol. The van der Waals surface area contributed by atoms with E-state index < -0.39 is 0 Å². The van der Waals surface area contributed by atoms with Gasteiger partial charge in [-0.25, -0.2) is 0 Å². The molecule has 0 saturated heterocycles. The van der Waals surface area contributed by atoms with Gasteiger partial charge in [0.2, 0.25) is 0 Å². The molecule has 0 aromatic carbocycles. The van der Waals surface area contributed by atoms with E-state index in [0.717, 1.165) is 5.92 Å². The zero-order chi connectivity index (χ0) is 12.3. The van der Waals surface area contributed by atoms with Gasteiger partial charge in [-0.3, -0.25) is 4.68 Å². The second-order valence-electron chi connectivity index (χ2n) is 6.90. The molecule has 0 radical (unpaired) electrons. The molecule has 2 bridgehead atoms. The van der Waals surface area contributed by atoms with Crippen molar-refractivity contribution in [3.63, 3.8) is 0 Å². The van der Waals surface area contributed by atoms with Gasteiger partial charge < -0.3 is 5.32 Å². The number of fused-ring (bicyclic) bond motifs is 2. The Labute approximate surface area is 104 Å². The van der Waals surface area contributed by atoms with Crippen molar-refractivity contribution >= 4 is 5.69 Å². The van der Waals surface area contributed by atoms with Crippen molar-refractivity contribution in [3.05, 3.63) is 12.4 Å². The average Bonchev–Trinajstić information content (AvgIpc) is 2.85. The molecule has 2 saturated carbocycles. The standard InChI is InChI=1S/C14H23N3/c1-13(2)10-5-6-14(3,7-10)12(13)16-11-8-15-17(4)9-11/h8-10,12,16H,5-7H2,1-4H3. The van der Waals surface area contributed by atoms with E-state index in [4.69, 9.17) is 0 Å². The zero-order valence-corrected chi connectivity index (χ0v) is 11.3. The SMILES string of the molecule is Cn1cc(NC2C3(C)CCC(C3)C2(C)C)cn1. The first-order valence-electron chi connectivity index (χ1n) is 6.67. The number of aromatic nitrogens is 2. The predicted octanol–water partition coefficient (Wildman–Crippen LogP) is 3.05. The minimum absolute atomic E-state index is 0.406. The lowest BCUT2D eigenvalue weighted by Crippen LogP contribution is -2.45. The summed E-state index contributed by atoms with van der Waals surface area (Å²) < 4.78 is 1.87. The molecule has 0 spiro atoms. The largest absolute Gasteiger partial charge is 0.379 e. The number of aryl methyl sites for hydroxylation is 1. The van der Waals surface area contributed by atoms with Crippen LogP contribution < -0.4 is 5.32 Å². The third kappa shape index (κ3) is 1.51. The van der Waals surface area contributed by atoms with Gasteiger partial charge >= 0.3 is 0 Å². The maximum Gasteiger partial charge on any atom is 0.0728 e. The van der Waals surface area contributed by atoms with Gasteiger partial charge in [-0.2, -0.15) is 5.10 Å². The molecule has 3 unspecified atom stereocenters. The van der Waals surface area contributed by atoms with Crippen molar-refractivity contribution in [3.8, 4) is 0 Å². The Kier molecular flexibility index (Phi) is 2.14. The van der Waals surface area contributed by atoms with Crippen LogP contribution in [0.1, 0.15) is 40.0 Å². The second-order valence-corrected chi connectivity index (χ2v) is 6.90. The van der Waals surface area contributed by atoms with Gasteiger partial charge in [-0.15, -0.1) is 0 Å². The summed E-state index contributed by atoms with van der Waals surface area (Å²) in [4.78, 5) is 0. The van der Waals surface area contributed by atoms with Gasteiger partial charge in [0.25, 0.3) is 0 Å². The second kappa shape index (κ2) is 3.27. The highest BCUT2D eigenvalue weighted by Gasteiger charge is 2.59. The molecule has 94 valence electrons. The van der Waals surface area contributed by atoms with Gasteiger partial charge in [0.1, 0.15) is 0 Å². The smallest absolute Gasteiger partial charge is 0.0728 e. The average molecular weight is 233 g/mol. The highest BCUT2D eigenvalue weighted by atomic mass is 15.3. The minimum atomic E-state index is 0.406. The fourth-order valence-corrected chi connectivity index (χ4v) is 4.32. The Balaban J connectivity index is 1.87. The minimum Gasteiger partial charge on any atom is -0.379 e. The molecular formula is C14H23N3. The van der Waals surface area contributed by atoms with E-state index in [-0.39, 0.29) is 0 Å². The molecule has 3 rings (SSSR count). The zero-order valence-electron chi connectivity index (χ0n) is 11.3. The van der Waals surface area contributed by atoms with Crippen molar-refractivity contribution in [2.75, 3.05) is 5.32 Å². The van der Waals surface area contributed by atoms with Gasteiger partial charge in [-0.05, 0) is 36.0 Å². The predicted molar refractivity (Wildman–Crippen MR) is 69.8 cm³/mol. The molecule has 1 aromatic heterocycles. The van der Waals surface area contributed by atoms with Gasteiger partial charge in [0.15, 0.2) is 0 Å². The van der Waals surface area contributed by atoms with E-state index in [9.17, 15) is 0 Å². The van der Waals surface area contributed by atoms with Crippen LogP contribution in [0.25, 0.3) is 0 Å². The fraction of sp³-hybridized carbons (Fsp3) is 0.786. The van der Waals surface area contributed by atoms with Crippen molar-refractivity contribution in [1.29, 1.82) is 0 Å². The molecule has 1 aromatic rings. The molecule has 0 amide bonds. The van der Waals surface area contributed by atoms with Crippen LogP contribution in [0.2, 0.25) is 0 Å². The lowest BCUT2D eigenvalue weighted by atomic mass is 9.68. The first-order chi connectivity index (χ1) is 7.92. The van der Waals surface area contributed by atoms with Crippen LogP contribution in [-0.4, -0.2) is 15.8 Å². The van der Waals surface area contributed by atoms with Gasteiger partial charge in [0.05, 0.1) is 11.9 Å². The Morgan fingerprint density at radius 3 is 2.71 bits per heavy atom. The van der Waals surface area contributed by atoms with Crippen molar-refractivity contribution in [2.24, 2.45) is 23.8 Å². The molecule has 2 aliphatic rings. The number of anilines is 1. The Morgan fingerprint density at radius 2 is 2.18 bits per heavy atom. The third-order valence-corrected chi connectivity index (χ3v) is 5.29. The summed E-state index contributed by atoms with van der Waals surface area (Å²) in [6.07, 6.45) is 8.18. The molecule has 2 fully saturated rings. The lowest BCUT2D eigenvalue weighted by Gasteiger charge is -2.43. The van der Waals surface area contributed by atoms with Crippen LogP contribution in [0.5, 0.6) is 0 Å².